The number of aromatic nitrogens is 1. The monoisotopic (exact) mass is 224 g/mol. The van der Waals surface area contributed by atoms with Gasteiger partial charge in [0.15, 0.2) is 0 Å². The fourth-order valence-electron chi connectivity index (χ4n) is 1.98. The van der Waals surface area contributed by atoms with Gasteiger partial charge in [0.25, 0.3) is 0 Å². The summed E-state index contributed by atoms with van der Waals surface area (Å²) in [7, 11) is 0. The third-order valence-electron chi connectivity index (χ3n) is 2.57. The molecule has 1 heterocycles. The van der Waals surface area contributed by atoms with E-state index in [1.807, 2.05) is 6.07 Å². The maximum Gasteiger partial charge on any atom is 0.150 e. The maximum atomic E-state index is 5.08. The molecule has 1 aromatic rings. The summed E-state index contributed by atoms with van der Waals surface area (Å²) in [6.07, 6.45) is 4.12. The van der Waals surface area contributed by atoms with Gasteiger partial charge in [-0.15, -0.1) is 0 Å². The molecule has 0 aromatic carbocycles. The van der Waals surface area contributed by atoms with E-state index < -0.39 is 0 Å². The van der Waals surface area contributed by atoms with Gasteiger partial charge in [0.05, 0.1) is 12.7 Å². The zero-order chi connectivity index (χ0) is 12.0. The summed E-state index contributed by atoms with van der Waals surface area (Å²) in [5.74, 6) is 2.37. The first kappa shape index (κ1) is 13.2. The Hall–Kier alpha value is -0.830. The molecule has 0 saturated carbocycles. The van der Waals surface area contributed by atoms with Gasteiger partial charge in [0, 0.05) is 12.1 Å². The molecule has 0 spiro atoms. The van der Waals surface area contributed by atoms with Gasteiger partial charge in [0.2, 0.25) is 0 Å². The number of nitrogens with one attached hydrogen (secondary N) is 1. The van der Waals surface area contributed by atoms with Crippen molar-refractivity contribution >= 4 is 0 Å². The second-order valence-electron chi connectivity index (χ2n) is 5.32. The quantitative estimate of drug-likeness (QED) is 0.772. The van der Waals surface area contributed by atoms with E-state index in [1.165, 1.54) is 12.8 Å². The van der Waals surface area contributed by atoms with Crippen LogP contribution in [0.15, 0.2) is 16.8 Å². The van der Waals surface area contributed by atoms with Crippen molar-refractivity contribution in [3.63, 3.8) is 0 Å². The van der Waals surface area contributed by atoms with Gasteiger partial charge in [-0.25, -0.2) is 0 Å². The van der Waals surface area contributed by atoms with Gasteiger partial charge in [-0.3, -0.25) is 0 Å². The van der Waals surface area contributed by atoms with Crippen molar-refractivity contribution in [2.24, 2.45) is 11.8 Å². The lowest BCUT2D eigenvalue weighted by Crippen LogP contribution is -2.31. The summed E-state index contributed by atoms with van der Waals surface area (Å²) < 4.78 is 5.08. The van der Waals surface area contributed by atoms with Crippen molar-refractivity contribution in [2.75, 3.05) is 0 Å². The van der Waals surface area contributed by atoms with Crippen LogP contribution in [0, 0.1) is 11.8 Å². The Kier molecular flexibility index (Phi) is 5.53. The van der Waals surface area contributed by atoms with Crippen LogP contribution < -0.4 is 5.32 Å². The minimum atomic E-state index is 0.574. The second kappa shape index (κ2) is 6.69. The summed E-state index contributed by atoms with van der Waals surface area (Å²) >= 11 is 0. The normalized spacial score (nSPS) is 11.9. The van der Waals surface area contributed by atoms with Crippen LogP contribution in [0.1, 0.15) is 46.3 Å². The fourth-order valence-corrected chi connectivity index (χ4v) is 1.98. The molecule has 0 atom stereocenters. The Morgan fingerprint density at radius 3 is 2.25 bits per heavy atom. The van der Waals surface area contributed by atoms with Crippen LogP contribution in [0.5, 0.6) is 0 Å². The van der Waals surface area contributed by atoms with Crippen molar-refractivity contribution in [3.05, 3.63) is 18.0 Å². The van der Waals surface area contributed by atoms with Crippen LogP contribution in [0.2, 0.25) is 0 Å². The van der Waals surface area contributed by atoms with Crippen molar-refractivity contribution in [1.82, 2.24) is 10.5 Å². The number of rotatable bonds is 7. The molecular formula is C13H24N2O. The van der Waals surface area contributed by atoms with Gasteiger partial charge in [0.1, 0.15) is 5.76 Å². The second-order valence-corrected chi connectivity index (χ2v) is 5.32. The molecule has 1 N–H and O–H groups in total. The van der Waals surface area contributed by atoms with E-state index in [9.17, 15) is 0 Å². The van der Waals surface area contributed by atoms with Gasteiger partial charge >= 0.3 is 0 Å². The van der Waals surface area contributed by atoms with E-state index in [0.29, 0.717) is 6.04 Å². The van der Waals surface area contributed by atoms with Gasteiger partial charge in [-0.1, -0.05) is 32.9 Å². The van der Waals surface area contributed by atoms with E-state index in [1.54, 1.807) is 6.20 Å². The van der Waals surface area contributed by atoms with Crippen LogP contribution in [-0.2, 0) is 6.54 Å². The summed E-state index contributed by atoms with van der Waals surface area (Å²) in [5, 5.41) is 7.26. The smallest absolute Gasteiger partial charge is 0.150 e. The molecule has 0 amide bonds. The van der Waals surface area contributed by atoms with E-state index in [2.05, 4.69) is 38.2 Å². The van der Waals surface area contributed by atoms with Crippen molar-refractivity contribution in [3.8, 4) is 0 Å². The number of hydrogen-bond acceptors (Lipinski definition) is 3. The SMILES string of the molecule is CC(C)CC(CC(C)C)NCc1ccno1. The number of hydrogen-bond donors (Lipinski definition) is 1. The first-order chi connectivity index (χ1) is 7.58. The van der Waals surface area contributed by atoms with Crippen LogP contribution in [-0.4, -0.2) is 11.2 Å². The molecule has 0 radical (unpaired) electrons. The first-order valence-electron chi connectivity index (χ1n) is 6.21. The molecule has 0 aliphatic carbocycles. The molecule has 0 aliphatic heterocycles. The topological polar surface area (TPSA) is 38.1 Å². The highest BCUT2D eigenvalue weighted by Gasteiger charge is 2.12. The highest BCUT2D eigenvalue weighted by Crippen LogP contribution is 2.13. The van der Waals surface area contributed by atoms with Gasteiger partial charge in [-0.2, -0.15) is 0 Å². The highest BCUT2D eigenvalue weighted by molar-refractivity contribution is 4.92. The maximum absolute atomic E-state index is 5.08. The van der Waals surface area contributed by atoms with Crippen molar-refractivity contribution < 1.29 is 4.52 Å². The van der Waals surface area contributed by atoms with Crippen molar-refractivity contribution in [1.29, 1.82) is 0 Å². The van der Waals surface area contributed by atoms with Crippen LogP contribution >= 0.6 is 0 Å². The third-order valence-corrected chi connectivity index (χ3v) is 2.57. The Balaban J connectivity index is 2.37. The summed E-state index contributed by atoms with van der Waals surface area (Å²) in [5.41, 5.74) is 0. The average Bonchev–Trinajstić information content (AvgIpc) is 2.64. The summed E-state index contributed by atoms with van der Waals surface area (Å²) in [6, 6.07) is 2.49. The highest BCUT2D eigenvalue weighted by atomic mass is 16.5. The predicted octanol–water partition coefficient (Wildman–Crippen LogP) is 3.23. The Labute approximate surface area is 98.6 Å². The van der Waals surface area contributed by atoms with Crippen molar-refractivity contribution in [2.45, 2.75) is 53.1 Å². The molecule has 3 nitrogen and oxygen atoms in total. The van der Waals surface area contributed by atoms with Crippen LogP contribution in [0.25, 0.3) is 0 Å². The molecule has 3 heteroatoms. The zero-order valence-corrected chi connectivity index (χ0v) is 10.9. The molecular weight excluding hydrogens is 200 g/mol. The lowest BCUT2D eigenvalue weighted by atomic mass is 9.95. The zero-order valence-electron chi connectivity index (χ0n) is 10.9. The minimum Gasteiger partial charge on any atom is -0.360 e. The van der Waals surface area contributed by atoms with E-state index in [0.717, 1.165) is 24.1 Å². The summed E-state index contributed by atoms with van der Waals surface area (Å²) in [6.45, 7) is 9.85. The Bertz CT molecular complexity index is 257. The van der Waals surface area contributed by atoms with Gasteiger partial charge in [-0.05, 0) is 24.7 Å². The van der Waals surface area contributed by atoms with Crippen LogP contribution in [0.4, 0.5) is 0 Å². The predicted molar refractivity (Wildman–Crippen MR) is 66.0 cm³/mol. The largest absolute Gasteiger partial charge is 0.360 e. The average molecular weight is 224 g/mol. The molecule has 0 unspecified atom stereocenters. The fraction of sp³-hybridized carbons (Fsp3) is 0.769. The van der Waals surface area contributed by atoms with E-state index >= 15 is 0 Å². The molecule has 0 saturated heterocycles. The van der Waals surface area contributed by atoms with E-state index in [-0.39, 0.29) is 0 Å². The standard InChI is InChI=1S/C13H24N2O/c1-10(2)7-12(8-11(3)4)14-9-13-5-6-15-16-13/h5-6,10-12,14H,7-9H2,1-4H3. The molecule has 1 aromatic heterocycles. The van der Waals surface area contributed by atoms with E-state index in [4.69, 9.17) is 4.52 Å². The molecule has 0 aliphatic rings. The Morgan fingerprint density at radius 2 is 1.81 bits per heavy atom. The lowest BCUT2D eigenvalue weighted by Gasteiger charge is -2.21. The minimum absolute atomic E-state index is 0.574. The lowest BCUT2D eigenvalue weighted by molar-refractivity contribution is 0.325. The molecule has 1 rings (SSSR count). The van der Waals surface area contributed by atoms with Gasteiger partial charge < -0.3 is 9.84 Å². The van der Waals surface area contributed by atoms with Crippen LogP contribution in [0.3, 0.4) is 0 Å². The molecule has 0 fully saturated rings. The Morgan fingerprint density at radius 1 is 1.19 bits per heavy atom. The third kappa shape index (κ3) is 5.31. The first-order valence-corrected chi connectivity index (χ1v) is 6.21. The number of nitrogens with zero attached hydrogens (tertiary/aromatic N) is 1. The molecule has 92 valence electrons. The molecule has 0 bridgehead atoms. The molecule has 16 heavy (non-hydrogen) atoms. The summed E-state index contributed by atoms with van der Waals surface area (Å²) in [4.78, 5) is 0.